The van der Waals surface area contributed by atoms with Crippen molar-refractivity contribution in [2.24, 2.45) is 5.92 Å². The van der Waals surface area contributed by atoms with Crippen molar-refractivity contribution in [2.45, 2.75) is 32.2 Å². The highest BCUT2D eigenvalue weighted by atomic mass is 79.9. The molecule has 1 saturated heterocycles. The molecule has 2 atom stereocenters. The zero-order valence-electron chi connectivity index (χ0n) is 11.5. The van der Waals surface area contributed by atoms with Crippen molar-refractivity contribution in [1.29, 1.82) is 5.26 Å². The molecule has 1 heterocycles. The first-order valence-corrected chi connectivity index (χ1v) is 7.22. The normalized spacial score (nSPS) is 24.4. The molecule has 1 fully saturated rings. The summed E-state index contributed by atoms with van der Waals surface area (Å²) < 4.78 is 13.8. The Hall–Kier alpha value is -0.920. The Morgan fingerprint density at radius 2 is 2.05 bits per heavy atom. The minimum absolute atomic E-state index is 0.0309. The van der Waals surface area contributed by atoms with Gasteiger partial charge in [-0.1, -0.05) is 6.07 Å². The quantitative estimate of drug-likeness (QED) is 0.782. The number of nitrogens with zero attached hydrogens (tertiary/aromatic N) is 2. The fourth-order valence-electron chi connectivity index (χ4n) is 2.56. The summed E-state index contributed by atoms with van der Waals surface area (Å²) in [6, 6.07) is 7.46. The maximum atomic E-state index is 13.3. The fourth-order valence-corrected chi connectivity index (χ4v) is 2.96. The highest BCUT2D eigenvalue weighted by Crippen LogP contribution is 2.36. The van der Waals surface area contributed by atoms with E-state index in [2.05, 4.69) is 47.7 Å². The van der Waals surface area contributed by atoms with Gasteiger partial charge in [0.1, 0.15) is 5.82 Å². The van der Waals surface area contributed by atoms with Crippen LogP contribution in [0.2, 0.25) is 0 Å². The highest BCUT2D eigenvalue weighted by Gasteiger charge is 2.38. The van der Waals surface area contributed by atoms with Crippen LogP contribution < -0.4 is 0 Å². The number of benzene rings is 1. The molecule has 1 aliphatic heterocycles. The molecule has 0 unspecified atom stereocenters. The van der Waals surface area contributed by atoms with Gasteiger partial charge in [-0.2, -0.15) is 5.26 Å². The molecular formula is C15H18BrFN2. The van der Waals surface area contributed by atoms with Crippen LogP contribution >= 0.6 is 15.9 Å². The molecule has 19 heavy (non-hydrogen) atoms. The number of likely N-dealkylation sites (tertiary alicyclic amines) is 1. The molecule has 0 saturated carbocycles. The van der Waals surface area contributed by atoms with Crippen LogP contribution in [-0.4, -0.2) is 23.5 Å². The first kappa shape index (κ1) is 14.5. The first-order valence-electron chi connectivity index (χ1n) is 6.42. The molecule has 1 aromatic rings. The average molecular weight is 325 g/mol. The standard InChI is InChI=1S/C15H18BrFN2/c1-15(2,3)19-8-11(7-18)12(9-19)10-4-5-14(17)13(16)6-10/h4-6,11-12H,8-9H2,1-3H3/t11-,12+/m1/s1. The molecule has 2 nitrogen and oxygen atoms in total. The third-order valence-corrected chi connectivity index (χ3v) is 4.41. The van der Waals surface area contributed by atoms with Crippen LogP contribution in [0.25, 0.3) is 0 Å². The van der Waals surface area contributed by atoms with Gasteiger partial charge in [-0.05, 0) is 54.4 Å². The van der Waals surface area contributed by atoms with E-state index in [4.69, 9.17) is 0 Å². The Morgan fingerprint density at radius 3 is 2.58 bits per heavy atom. The molecular weight excluding hydrogens is 307 g/mol. The third-order valence-electron chi connectivity index (χ3n) is 3.81. The van der Waals surface area contributed by atoms with Gasteiger partial charge in [0.05, 0.1) is 16.5 Å². The SMILES string of the molecule is CC(C)(C)N1C[C@@H](C#N)[C@H](c2ccc(F)c(Br)c2)C1. The highest BCUT2D eigenvalue weighted by molar-refractivity contribution is 9.10. The number of nitriles is 1. The lowest BCUT2D eigenvalue weighted by atomic mass is 9.90. The lowest BCUT2D eigenvalue weighted by molar-refractivity contribution is 0.170. The minimum Gasteiger partial charge on any atom is -0.297 e. The molecule has 0 spiro atoms. The maximum absolute atomic E-state index is 13.3. The lowest BCUT2D eigenvalue weighted by Crippen LogP contribution is -2.39. The number of hydrogen-bond acceptors (Lipinski definition) is 2. The second kappa shape index (κ2) is 5.22. The van der Waals surface area contributed by atoms with Crippen molar-refractivity contribution in [2.75, 3.05) is 13.1 Å². The molecule has 0 aliphatic carbocycles. The van der Waals surface area contributed by atoms with E-state index in [0.29, 0.717) is 4.47 Å². The molecule has 2 rings (SSSR count). The summed E-state index contributed by atoms with van der Waals surface area (Å²) >= 11 is 3.22. The van der Waals surface area contributed by atoms with Crippen molar-refractivity contribution >= 4 is 15.9 Å². The molecule has 1 aliphatic rings. The van der Waals surface area contributed by atoms with E-state index in [1.807, 2.05) is 0 Å². The Kier molecular flexibility index (Phi) is 3.98. The molecule has 102 valence electrons. The zero-order chi connectivity index (χ0) is 14.2. The lowest BCUT2D eigenvalue weighted by Gasteiger charge is -2.31. The second-order valence-electron chi connectivity index (χ2n) is 6.09. The van der Waals surface area contributed by atoms with Gasteiger partial charge in [-0.3, -0.25) is 4.90 Å². The predicted octanol–water partition coefficient (Wildman–Crippen LogP) is 3.93. The number of hydrogen-bond donors (Lipinski definition) is 0. The van der Waals surface area contributed by atoms with Crippen LogP contribution in [0.1, 0.15) is 32.3 Å². The van der Waals surface area contributed by atoms with Gasteiger partial charge in [-0.15, -0.1) is 0 Å². The fraction of sp³-hybridized carbons (Fsp3) is 0.533. The Balaban J connectivity index is 2.28. The van der Waals surface area contributed by atoms with Gasteiger partial charge in [0.15, 0.2) is 0 Å². The largest absolute Gasteiger partial charge is 0.297 e. The summed E-state index contributed by atoms with van der Waals surface area (Å²) in [6.07, 6.45) is 0. The van der Waals surface area contributed by atoms with E-state index >= 15 is 0 Å². The van der Waals surface area contributed by atoms with Crippen LogP contribution in [0, 0.1) is 23.1 Å². The molecule has 0 bridgehead atoms. The molecule has 0 amide bonds. The van der Waals surface area contributed by atoms with Crippen LogP contribution in [-0.2, 0) is 0 Å². The Morgan fingerprint density at radius 1 is 1.37 bits per heavy atom. The van der Waals surface area contributed by atoms with Crippen molar-refractivity contribution in [3.8, 4) is 6.07 Å². The summed E-state index contributed by atoms with van der Waals surface area (Å²) in [5.74, 6) is -0.138. The third kappa shape index (κ3) is 2.98. The summed E-state index contributed by atoms with van der Waals surface area (Å²) in [7, 11) is 0. The summed E-state index contributed by atoms with van der Waals surface area (Å²) in [5, 5.41) is 9.34. The maximum Gasteiger partial charge on any atom is 0.137 e. The monoisotopic (exact) mass is 324 g/mol. The summed E-state index contributed by atoms with van der Waals surface area (Å²) in [6.45, 7) is 8.10. The Bertz CT molecular complexity index is 516. The zero-order valence-corrected chi connectivity index (χ0v) is 13.0. The van der Waals surface area contributed by atoms with Crippen molar-refractivity contribution in [1.82, 2.24) is 4.90 Å². The van der Waals surface area contributed by atoms with E-state index in [1.54, 1.807) is 12.1 Å². The van der Waals surface area contributed by atoms with Gasteiger partial charge in [-0.25, -0.2) is 4.39 Å². The first-order chi connectivity index (χ1) is 8.82. The van der Waals surface area contributed by atoms with Gasteiger partial charge in [0.25, 0.3) is 0 Å². The molecule has 1 aromatic carbocycles. The minimum atomic E-state index is -0.261. The van der Waals surface area contributed by atoms with Gasteiger partial charge < -0.3 is 0 Å². The number of halogens is 2. The van der Waals surface area contributed by atoms with Crippen molar-refractivity contribution in [3.63, 3.8) is 0 Å². The molecule has 0 aromatic heterocycles. The van der Waals surface area contributed by atoms with E-state index in [0.717, 1.165) is 18.7 Å². The topological polar surface area (TPSA) is 27.0 Å². The van der Waals surface area contributed by atoms with Crippen LogP contribution in [0.3, 0.4) is 0 Å². The van der Waals surface area contributed by atoms with Gasteiger partial charge in [0.2, 0.25) is 0 Å². The summed E-state index contributed by atoms with van der Waals surface area (Å²) in [4.78, 5) is 2.32. The number of rotatable bonds is 1. The van der Waals surface area contributed by atoms with Crippen LogP contribution in [0.15, 0.2) is 22.7 Å². The smallest absolute Gasteiger partial charge is 0.137 e. The van der Waals surface area contributed by atoms with Crippen LogP contribution in [0.4, 0.5) is 4.39 Å². The van der Waals surface area contributed by atoms with Gasteiger partial charge in [0, 0.05) is 24.5 Å². The molecule has 4 heteroatoms. The van der Waals surface area contributed by atoms with Crippen molar-refractivity contribution < 1.29 is 4.39 Å². The van der Waals surface area contributed by atoms with Crippen molar-refractivity contribution in [3.05, 3.63) is 34.1 Å². The summed E-state index contributed by atoms with van der Waals surface area (Å²) in [5.41, 5.74) is 1.09. The van der Waals surface area contributed by atoms with Gasteiger partial charge >= 0.3 is 0 Å². The Labute approximate surface area is 122 Å². The van der Waals surface area contributed by atoms with E-state index < -0.39 is 0 Å². The van der Waals surface area contributed by atoms with E-state index in [1.165, 1.54) is 6.07 Å². The molecule has 0 radical (unpaired) electrons. The average Bonchev–Trinajstić information content (AvgIpc) is 2.76. The van der Waals surface area contributed by atoms with Crippen LogP contribution in [0.5, 0.6) is 0 Å². The second-order valence-corrected chi connectivity index (χ2v) is 6.95. The van der Waals surface area contributed by atoms with E-state index in [9.17, 15) is 9.65 Å². The molecule has 0 N–H and O–H groups in total. The van der Waals surface area contributed by atoms with E-state index in [-0.39, 0.29) is 23.2 Å². The predicted molar refractivity (Wildman–Crippen MR) is 77.3 cm³/mol.